The molecule has 0 aliphatic carbocycles. The molecule has 3 aromatic carbocycles. The zero-order valence-electron chi connectivity index (χ0n) is 18.7. The van der Waals surface area contributed by atoms with Crippen LogP contribution in [0.1, 0.15) is 22.3 Å². The van der Waals surface area contributed by atoms with Crippen molar-refractivity contribution in [3.05, 3.63) is 88.7 Å². The maximum Gasteiger partial charge on any atom is 0.419 e. The minimum absolute atomic E-state index is 0.0107. The summed E-state index contributed by atoms with van der Waals surface area (Å²) in [5, 5.41) is 9.55. The summed E-state index contributed by atoms with van der Waals surface area (Å²) in [4.78, 5) is 11.9. The second kappa shape index (κ2) is 10.2. The van der Waals surface area contributed by atoms with Gasteiger partial charge in [0, 0.05) is 17.5 Å². The molecule has 0 amide bonds. The maximum absolute atomic E-state index is 13.9. The van der Waals surface area contributed by atoms with Crippen LogP contribution in [0.15, 0.2) is 65.6 Å². The highest BCUT2D eigenvalue weighted by atomic mass is 32.2. The highest BCUT2D eigenvalue weighted by molar-refractivity contribution is 8.00. The minimum Gasteiger partial charge on any atom is -0.489 e. The number of nitrogens with zero attached hydrogens (tertiary/aromatic N) is 1. The Morgan fingerprint density at radius 2 is 1.76 bits per heavy atom. The summed E-state index contributed by atoms with van der Waals surface area (Å²) in [5.74, 6) is -3.01. The molecule has 1 aliphatic heterocycles. The number of alkyl halides is 6. The minimum atomic E-state index is -4.82. The van der Waals surface area contributed by atoms with Crippen LogP contribution in [0.2, 0.25) is 0 Å². The Morgan fingerprint density at radius 3 is 2.41 bits per heavy atom. The number of anilines is 1. The van der Waals surface area contributed by atoms with Crippen molar-refractivity contribution in [3.8, 4) is 5.75 Å². The third-order valence-corrected chi connectivity index (χ3v) is 6.68. The van der Waals surface area contributed by atoms with Gasteiger partial charge in [0.2, 0.25) is 0 Å². The molecular weight excluding hydrogens is 527 g/mol. The summed E-state index contributed by atoms with van der Waals surface area (Å²) in [6.45, 7) is -0.233. The number of carboxylic acid groups (broad SMARTS) is 1. The van der Waals surface area contributed by atoms with E-state index >= 15 is 0 Å². The van der Waals surface area contributed by atoms with E-state index in [9.17, 15) is 40.6 Å². The van der Waals surface area contributed by atoms with Crippen LogP contribution in [-0.2, 0) is 30.2 Å². The van der Waals surface area contributed by atoms with Gasteiger partial charge in [-0.05, 0) is 65.9 Å². The SMILES string of the molecule is O=C(O)C1Cc2ccc(OCc3ccc(C(F)(F)F)c(F)c3)cc2N(Sc2cccc(C(F)(F)F)c2)C1. The molecular formula is C25H18F7NO3S. The van der Waals surface area contributed by atoms with Crippen molar-refractivity contribution in [3.63, 3.8) is 0 Å². The molecule has 1 heterocycles. The Hall–Kier alpha value is -3.41. The van der Waals surface area contributed by atoms with Gasteiger partial charge in [-0.25, -0.2) is 4.39 Å². The standard InChI is InChI=1S/C25H18F7NO3S/c26-21-8-14(4-7-20(21)25(30,31)32)13-36-18-6-5-15-9-16(23(34)35)12-33(22(15)11-18)37-19-3-1-2-17(10-19)24(27,28)29/h1-8,10-11,16H,9,12-13H2,(H,34,35). The number of halogens is 7. The number of carbonyl (C=O) groups is 1. The van der Waals surface area contributed by atoms with Crippen LogP contribution in [0.4, 0.5) is 36.4 Å². The number of rotatable bonds is 6. The van der Waals surface area contributed by atoms with Crippen LogP contribution in [0.5, 0.6) is 5.75 Å². The fraction of sp³-hybridized carbons (Fsp3) is 0.240. The predicted octanol–water partition coefficient (Wildman–Crippen LogP) is 7.21. The first-order chi connectivity index (χ1) is 17.3. The quantitative estimate of drug-likeness (QED) is 0.262. The van der Waals surface area contributed by atoms with Crippen LogP contribution in [-0.4, -0.2) is 17.6 Å². The van der Waals surface area contributed by atoms with Crippen LogP contribution >= 0.6 is 11.9 Å². The van der Waals surface area contributed by atoms with Gasteiger partial charge in [0.15, 0.2) is 0 Å². The van der Waals surface area contributed by atoms with Crippen molar-refractivity contribution in [2.24, 2.45) is 5.92 Å². The molecule has 4 nitrogen and oxygen atoms in total. The summed E-state index contributed by atoms with van der Waals surface area (Å²) in [6, 6.07) is 11.8. The maximum atomic E-state index is 13.9. The smallest absolute Gasteiger partial charge is 0.419 e. The van der Waals surface area contributed by atoms with E-state index < -0.39 is 41.2 Å². The number of hydrogen-bond acceptors (Lipinski definition) is 4. The summed E-state index contributed by atoms with van der Waals surface area (Å²) < 4.78 is 98.8. The average Bonchev–Trinajstić information content (AvgIpc) is 2.81. The van der Waals surface area contributed by atoms with Gasteiger partial charge in [-0.2, -0.15) is 26.3 Å². The molecule has 1 atom stereocenters. The van der Waals surface area contributed by atoms with Crippen molar-refractivity contribution >= 4 is 23.6 Å². The number of hydrogen-bond donors (Lipinski definition) is 1. The molecule has 37 heavy (non-hydrogen) atoms. The van der Waals surface area contributed by atoms with Crippen LogP contribution < -0.4 is 9.04 Å². The van der Waals surface area contributed by atoms with Gasteiger partial charge >= 0.3 is 18.3 Å². The monoisotopic (exact) mass is 545 g/mol. The Labute approximate surface area is 210 Å². The first kappa shape index (κ1) is 26.6. The van der Waals surface area contributed by atoms with E-state index in [1.807, 2.05) is 0 Å². The van der Waals surface area contributed by atoms with Gasteiger partial charge in [-0.15, -0.1) is 0 Å². The van der Waals surface area contributed by atoms with E-state index in [0.717, 1.165) is 36.2 Å². The van der Waals surface area contributed by atoms with Crippen molar-refractivity contribution < 1.29 is 45.4 Å². The molecule has 1 unspecified atom stereocenters. The fourth-order valence-electron chi connectivity index (χ4n) is 3.82. The lowest BCUT2D eigenvalue weighted by molar-refractivity contribution is -0.141. The molecule has 1 N–H and O–H groups in total. The zero-order valence-corrected chi connectivity index (χ0v) is 19.6. The molecule has 12 heteroatoms. The van der Waals surface area contributed by atoms with Crippen molar-refractivity contribution in [1.29, 1.82) is 0 Å². The molecule has 0 bridgehead atoms. The van der Waals surface area contributed by atoms with Gasteiger partial charge in [-0.3, -0.25) is 4.79 Å². The molecule has 0 saturated carbocycles. The third kappa shape index (κ3) is 6.30. The lowest BCUT2D eigenvalue weighted by Gasteiger charge is -2.33. The number of carboxylic acids is 1. The summed E-state index contributed by atoms with van der Waals surface area (Å²) in [5.41, 5.74) is -0.919. The first-order valence-corrected chi connectivity index (χ1v) is 11.6. The molecule has 196 valence electrons. The Bertz CT molecular complexity index is 1310. The second-order valence-electron chi connectivity index (χ2n) is 8.31. The van der Waals surface area contributed by atoms with Crippen LogP contribution in [0.25, 0.3) is 0 Å². The topological polar surface area (TPSA) is 49.8 Å². The molecule has 3 aromatic rings. The van der Waals surface area contributed by atoms with Gasteiger partial charge in [0.1, 0.15) is 18.2 Å². The zero-order chi connectivity index (χ0) is 27.0. The van der Waals surface area contributed by atoms with Crippen LogP contribution in [0.3, 0.4) is 0 Å². The molecule has 0 spiro atoms. The van der Waals surface area contributed by atoms with E-state index in [2.05, 4.69) is 0 Å². The second-order valence-corrected chi connectivity index (χ2v) is 9.40. The molecule has 1 aliphatic rings. The van der Waals surface area contributed by atoms with E-state index in [4.69, 9.17) is 4.74 Å². The first-order valence-electron chi connectivity index (χ1n) is 10.8. The van der Waals surface area contributed by atoms with E-state index in [1.54, 1.807) is 16.4 Å². The number of aliphatic carboxylic acids is 1. The highest BCUT2D eigenvalue weighted by Gasteiger charge is 2.34. The fourth-order valence-corrected chi connectivity index (χ4v) is 4.92. The molecule has 0 fully saturated rings. The number of fused-ring (bicyclic) bond motifs is 1. The van der Waals surface area contributed by atoms with Crippen molar-refractivity contribution in [2.75, 3.05) is 10.8 Å². The Balaban J connectivity index is 1.57. The largest absolute Gasteiger partial charge is 0.489 e. The number of benzene rings is 3. The predicted molar refractivity (Wildman–Crippen MR) is 122 cm³/mol. The van der Waals surface area contributed by atoms with Crippen molar-refractivity contribution in [1.82, 2.24) is 0 Å². The molecule has 4 rings (SSSR count). The highest BCUT2D eigenvalue weighted by Crippen LogP contribution is 2.41. The summed E-state index contributed by atoms with van der Waals surface area (Å²) in [6.07, 6.45) is -9.18. The number of ether oxygens (including phenoxy) is 1. The van der Waals surface area contributed by atoms with E-state index in [0.29, 0.717) is 17.3 Å². The van der Waals surface area contributed by atoms with Crippen molar-refractivity contribution in [2.45, 2.75) is 30.3 Å². The van der Waals surface area contributed by atoms with Gasteiger partial charge in [0.05, 0.1) is 22.7 Å². The average molecular weight is 545 g/mol. The van der Waals surface area contributed by atoms with Gasteiger partial charge in [0.25, 0.3) is 0 Å². The molecule has 0 saturated heterocycles. The Kier molecular flexibility index (Phi) is 7.31. The lowest BCUT2D eigenvalue weighted by atomic mass is 9.94. The van der Waals surface area contributed by atoms with Gasteiger partial charge < -0.3 is 14.1 Å². The van der Waals surface area contributed by atoms with E-state index in [1.165, 1.54) is 18.2 Å². The molecule has 0 radical (unpaired) electrons. The Morgan fingerprint density at radius 1 is 1.00 bits per heavy atom. The van der Waals surface area contributed by atoms with Crippen LogP contribution in [0, 0.1) is 11.7 Å². The molecule has 0 aromatic heterocycles. The van der Waals surface area contributed by atoms with E-state index in [-0.39, 0.29) is 35.8 Å². The third-order valence-electron chi connectivity index (χ3n) is 5.65. The summed E-state index contributed by atoms with van der Waals surface area (Å²) >= 11 is 0.946. The summed E-state index contributed by atoms with van der Waals surface area (Å²) in [7, 11) is 0. The normalized spacial score (nSPS) is 15.9. The van der Waals surface area contributed by atoms with Gasteiger partial charge in [-0.1, -0.05) is 18.2 Å². The lowest BCUT2D eigenvalue weighted by Crippen LogP contribution is -2.35.